The zero-order valence-corrected chi connectivity index (χ0v) is 9.07. The Morgan fingerprint density at radius 1 is 1.69 bits per heavy atom. The lowest BCUT2D eigenvalue weighted by Gasteiger charge is -2.07. The van der Waals surface area contributed by atoms with Gasteiger partial charge in [0.05, 0.1) is 6.20 Å². The molecule has 90 valence electrons. The number of H-pyrrole nitrogens is 1. The highest BCUT2D eigenvalue weighted by Crippen LogP contribution is 2.03. The molecule has 1 aromatic heterocycles. The van der Waals surface area contributed by atoms with Crippen LogP contribution in [0, 0.1) is 0 Å². The van der Waals surface area contributed by atoms with E-state index in [9.17, 15) is 13.2 Å². The van der Waals surface area contributed by atoms with Crippen LogP contribution in [-0.2, 0) is 14.8 Å². The van der Waals surface area contributed by atoms with Gasteiger partial charge in [0.15, 0.2) is 0 Å². The maximum atomic E-state index is 11.5. The lowest BCUT2D eigenvalue weighted by molar-refractivity contribution is -0.138. The fourth-order valence-electron chi connectivity index (χ4n) is 0.942. The molecule has 0 fully saturated rings. The number of carboxylic acid groups (broad SMARTS) is 1. The van der Waals surface area contributed by atoms with Crippen LogP contribution in [0.25, 0.3) is 0 Å². The summed E-state index contributed by atoms with van der Waals surface area (Å²) in [6.07, 6.45) is 2.39. The van der Waals surface area contributed by atoms with Crippen molar-refractivity contribution in [3.63, 3.8) is 0 Å². The van der Waals surface area contributed by atoms with Crippen molar-refractivity contribution in [2.45, 2.75) is 17.4 Å². The van der Waals surface area contributed by atoms with Crippen molar-refractivity contribution in [3.05, 3.63) is 12.4 Å². The van der Waals surface area contributed by atoms with Crippen LogP contribution < -0.4 is 10.5 Å². The molecule has 0 unspecified atom stereocenters. The molecule has 0 spiro atoms. The Kier molecular flexibility index (Phi) is 3.99. The van der Waals surface area contributed by atoms with Gasteiger partial charge in [0, 0.05) is 12.7 Å². The molecule has 5 N–H and O–H groups in total. The van der Waals surface area contributed by atoms with Crippen molar-refractivity contribution in [1.29, 1.82) is 0 Å². The molecule has 9 heteroatoms. The lowest BCUT2D eigenvalue weighted by Crippen LogP contribution is -2.35. The quantitative estimate of drug-likeness (QED) is 0.482. The zero-order chi connectivity index (χ0) is 12.2. The van der Waals surface area contributed by atoms with Gasteiger partial charge in [-0.3, -0.25) is 9.89 Å². The Morgan fingerprint density at radius 2 is 2.38 bits per heavy atom. The molecule has 0 saturated carbocycles. The van der Waals surface area contributed by atoms with E-state index in [2.05, 4.69) is 14.9 Å². The smallest absolute Gasteiger partial charge is 0.320 e. The summed E-state index contributed by atoms with van der Waals surface area (Å²) in [5.41, 5.74) is 5.21. The Bertz CT molecular complexity index is 441. The average molecular weight is 248 g/mol. The fourth-order valence-corrected chi connectivity index (χ4v) is 1.89. The molecule has 0 aliphatic rings. The minimum absolute atomic E-state index is 0.00334. The summed E-state index contributed by atoms with van der Waals surface area (Å²) in [7, 11) is -3.63. The van der Waals surface area contributed by atoms with E-state index >= 15 is 0 Å². The van der Waals surface area contributed by atoms with Crippen LogP contribution >= 0.6 is 0 Å². The molecule has 16 heavy (non-hydrogen) atoms. The molecule has 0 aliphatic carbocycles. The molecule has 1 rings (SSSR count). The van der Waals surface area contributed by atoms with Gasteiger partial charge in [0.2, 0.25) is 10.0 Å². The first-order valence-corrected chi connectivity index (χ1v) is 5.88. The third kappa shape index (κ3) is 3.29. The molecule has 8 nitrogen and oxygen atoms in total. The first kappa shape index (κ1) is 12.6. The number of nitrogens with zero attached hydrogens (tertiary/aromatic N) is 1. The molecule has 1 heterocycles. The third-order valence-electron chi connectivity index (χ3n) is 1.85. The molecular weight excluding hydrogens is 236 g/mol. The fraction of sp³-hybridized carbons (Fsp3) is 0.429. The van der Waals surface area contributed by atoms with E-state index in [1.54, 1.807) is 0 Å². The molecular formula is C7H12N4O4S. The Labute approximate surface area is 91.9 Å². The van der Waals surface area contributed by atoms with Gasteiger partial charge in [0.1, 0.15) is 10.9 Å². The van der Waals surface area contributed by atoms with Crippen molar-refractivity contribution < 1.29 is 18.3 Å². The van der Waals surface area contributed by atoms with Gasteiger partial charge in [-0.2, -0.15) is 5.10 Å². The lowest BCUT2D eigenvalue weighted by atomic mass is 10.2. The Morgan fingerprint density at radius 3 is 2.88 bits per heavy atom. The number of aliphatic carboxylic acids is 1. The summed E-state index contributed by atoms with van der Waals surface area (Å²) in [4.78, 5) is 10.4. The molecule has 0 aromatic carbocycles. The summed E-state index contributed by atoms with van der Waals surface area (Å²) < 4.78 is 25.2. The van der Waals surface area contributed by atoms with Crippen molar-refractivity contribution in [1.82, 2.24) is 14.9 Å². The predicted octanol–water partition coefficient (Wildman–Crippen LogP) is -1.51. The number of nitrogens with one attached hydrogen (secondary N) is 2. The van der Waals surface area contributed by atoms with Crippen molar-refractivity contribution in [2.75, 3.05) is 6.54 Å². The molecule has 0 aliphatic heterocycles. The number of hydrogen-bond donors (Lipinski definition) is 4. The number of carbonyl (C=O) groups is 1. The second-order valence-electron chi connectivity index (χ2n) is 3.07. The van der Waals surface area contributed by atoms with Gasteiger partial charge in [0.25, 0.3) is 0 Å². The van der Waals surface area contributed by atoms with Crippen LogP contribution in [0.1, 0.15) is 6.42 Å². The molecule has 1 aromatic rings. The first-order valence-electron chi connectivity index (χ1n) is 4.40. The summed E-state index contributed by atoms with van der Waals surface area (Å²) in [5.74, 6) is -1.16. The van der Waals surface area contributed by atoms with Gasteiger partial charge in [-0.25, -0.2) is 13.1 Å². The normalized spacial score (nSPS) is 13.6. The van der Waals surface area contributed by atoms with E-state index in [-0.39, 0.29) is 17.9 Å². The van der Waals surface area contributed by atoms with Crippen LogP contribution in [0.2, 0.25) is 0 Å². The number of hydrogen-bond acceptors (Lipinski definition) is 5. The summed E-state index contributed by atoms with van der Waals surface area (Å²) >= 11 is 0. The second-order valence-corrected chi connectivity index (χ2v) is 4.83. The number of aromatic amines is 1. The van der Waals surface area contributed by atoms with E-state index in [4.69, 9.17) is 10.8 Å². The van der Waals surface area contributed by atoms with Crippen LogP contribution in [0.4, 0.5) is 0 Å². The Balaban J connectivity index is 2.47. The highest BCUT2D eigenvalue weighted by atomic mass is 32.2. The van der Waals surface area contributed by atoms with Crippen LogP contribution in [0.3, 0.4) is 0 Å². The van der Waals surface area contributed by atoms with Gasteiger partial charge < -0.3 is 10.8 Å². The summed E-state index contributed by atoms with van der Waals surface area (Å²) in [6.45, 7) is -0.0407. The number of carboxylic acids is 1. The van der Waals surface area contributed by atoms with Crippen LogP contribution in [-0.4, -0.2) is 42.3 Å². The molecule has 0 saturated heterocycles. The maximum absolute atomic E-state index is 11.5. The van der Waals surface area contributed by atoms with E-state index in [1.807, 2.05) is 0 Å². The molecule has 1 atom stereocenters. The molecule has 0 radical (unpaired) electrons. The van der Waals surface area contributed by atoms with Gasteiger partial charge >= 0.3 is 5.97 Å². The SMILES string of the molecule is N[C@@H](CCNS(=O)(=O)c1cn[nH]c1)C(=O)O. The second kappa shape index (κ2) is 5.05. The maximum Gasteiger partial charge on any atom is 0.320 e. The van der Waals surface area contributed by atoms with Crippen molar-refractivity contribution >= 4 is 16.0 Å². The summed E-state index contributed by atoms with van der Waals surface area (Å²) in [5, 5.41) is 14.3. The first-order chi connectivity index (χ1) is 7.43. The zero-order valence-electron chi connectivity index (χ0n) is 8.25. The average Bonchev–Trinajstić information content (AvgIpc) is 2.70. The number of rotatable bonds is 6. The topological polar surface area (TPSA) is 138 Å². The van der Waals surface area contributed by atoms with Gasteiger partial charge in [-0.05, 0) is 6.42 Å². The minimum atomic E-state index is -3.63. The monoisotopic (exact) mass is 248 g/mol. The summed E-state index contributed by atoms with van der Waals surface area (Å²) in [6, 6.07) is -1.08. The highest BCUT2D eigenvalue weighted by Gasteiger charge is 2.16. The number of sulfonamides is 1. The van der Waals surface area contributed by atoms with Crippen LogP contribution in [0.15, 0.2) is 17.3 Å². The van der Waals surface area contributed by atoms with Gasteiger partial charge in [-0.1, -0.05) is 0 Å². The van der Waals surface area contributed by atoms with E-state index < -0.39 is 22.0 Å². The number of aromatic nitrogens is 2. The molecule has 0 amide bonds. The van der Waals surface area contributed by atoms with E-state index in [1.165, 1.54) is 6.20 Å². The standard InChI is InChI=1S/C7H12N4O4S/c8-6(7(12)13)1-2-11-16(14,15)5-3-9-10-4-5/h3-4,6,11H,1-2,8H2,(H,9,10)(H,12,13)/t6-/m0/s1. The highest BCUT2D eigenvalue weighted by molar-refractivity contribution is 7.89. The van der Waals surface area contributed by atoms with Crippen molar-refractivity contribution in [2.24, 2.45) is 5.73 Å². The largest absolute Gasteiger partial charge is 0.480 e. The van der Waals surface area contributed by atoms with Crippen LogP contribution in [0.5, 0.6) is 0 Å². The third-order valence-corrected chi connectivity index (χ3v) is 3.28. The van der Waals surface area contributed by atoms with Crippen molar-refractivity contribution in [3.8, 4) is 0 Å². The predicted molar refractivity (Wildman–Crippen MR) is 54.0 cm³/mol. The van der Waals surface area contributed by atoms with Gasteiger partial charge in [-0.15, -0.1) is 0 Å². The number of nitrogens with two attached hydrogens (primary N) is 1. The minimum Gasteiger partial charge on any atom is -0.480 e. The van der Waals surface area contributed by atoms with E-state index in [0.717, 1.165) is 6.20 Å². The van der Waals surface area contributed by atoms with E-state index in [0.29, 0.717) is 0 Å². The molecule has 0 bridgehead atoms. The Hall–Kier alpha value is -1.45.